The van der Waals surface area contributed by atoms with Crippen LogP contribution in [-0.2, 0) is 14.4 Å². The third kappa shape index (κ3) is 3.11. The van der Waals surface area contributed by atoms with Crippen molar-refractivity contribution in [3.05, 3.63) is 35.4 Å². The number of nitrogens with one attached hydrogen (secondary N) is 1. The second kappa shape index (κ2) is 6.79. The average Bonchev–Trinajstić information content (AvgIpc) is 3.20. The summed E-state index contributed by atoms with van der Waals surface area (Å²) in [7, 11) is 0. The molecule has 0 bridgehead atoms. The van der Waals surface area contributed by atoms with Gasteiger partial charge in [-0.15, -0.1) is 0 Å². The molecule has 142 valence electrons. The SMILES string of the molecule is CC(=O)N1C[C@H]2CN(C(=O)C3=NNC(=O)CC3)C[C@H]2[C@@H]1c1ccccc1C. The highest BCUT2D eigenvalue weighted by Crippen LogP contribution is 2.45. The van der Waals surface area contributed by atoms with Crippen LogP contribution >= 0.6 is 0 Å². The Morgan fingerprint density at radius 1 is 1.15 bits per heavy atom. The molecule has 0 radical (unpaired) electrons. The summed E-state index contributed by atoms with van der Waals surface area (Å²) in [5.41, 5.74) is 5.15. The summed E-state index contributed by atoms with van der Waals surface area (Å²) < 4.78 is 0. The van der Waals surface area contributed by atoms with Gasteiger partial charge in [0.15, 0.2) is 0 Å². The van der Waals surface area contributed by atoms with Crippen molar-refractivity contribution in [3.8, 4) is 0 Å². The Morgan fingerprint density at radius 2 is 1.93 bits per heavy atom. The highest BCUT2D eigenvalue weighted by molar-refractivity contribution is 6.39. The number of aryl methyl sites for hydroxylation is 1. The number of carbonyl (C=O) groups excluding carboxylic acids is 3. The number of hydrazone groups is 1. The number of rotatable bonds is 2. The molecule has 0 unspecified atom stereocenters. The number of nitrogens with zero attached hydrogens (tertiary/aromatic N) is 3. The number of benzene rings is 1. The standard InChI is InChI=1S/C20H24N4O3/c1-12-5-3-4-6-15(12)19-16-11-23(9-14(16)10-24(19)13(2)25)20(27)17-7-8-18(26)22-21-17/h3-6,14,16,19H,7-11H2,1-2H3,(H,22,26)/t14-,16-,19+/m1/s1. The molecule has 4 rings (SSSR count). The van der Waals surface area contributed by atoms with E-state index in [1.807, 2.05) is 21.9 Å². The molecule has 1 aromatic carbocycles. The molecule has 0 aliphatic carbocycles. The Morgan fingerprint density at radius 3 is 2.59 bits per heavy atom. The third-order valence-electron chi connectivity index (χ3n) is 6.01. The van der Waals surface area contributed by atoms with Crippen molar-refractivity contribution in [3.63, 3.8) is 0 Å². The lowest BCUT2D eigenvalue weighted by Crippen LogP contribution is -2.41. The van der Waals surface area contributed by atoms with E-state index in [4.69, 9.17) is 0 Å². The van der Waals surface area contributed by atoms with E-state index in [0.29, 0.717) is 38.2 Å². The summed E-state index contributed by atoms with van der Waals surface area (Å²) in [5.74, 6) is 0.317. The van der Waals surface area contributed by atoms with Gasteiger partial charge in [-0.2, -0.15) is 5.10 Å². The minimum absolute atomic E-state index is 0.000465. The van der Waals surface area contributed by atoms with Crippen molar-refractivity contribution in [1.82, 2.24) is 15.2 Å². The number of likely N-dealkylation sites (tertiary alicyclic amines) is 2. The zero-order valence-corrected chi connectivity index (χ0v) is 15.6. The Bertz CT molecular complexity index is 834. The normalized spacial score (nSPS) is 27.3. The third-order valence-corrected chi connectivity index (χ3v) is 6.01. The Labute approximate surface area is 158 Å². The maximum absolute atomic E-state index is 12.8. The molecule has 1 aromatic rings. The highest BCUT2D eigenvalue weighted by Gasteiger charge is 2.50. The summed E-state index contributed by atoms with van der Waals surface area (Å²) in [6.45, 7) is 5.60. The van der Waals surface area contributed by atoms with Gasteiger partial charge in [0.1, 0.15) is 5.71 Å². The van der Waals surface area contributed by atoms with Crippen LogP contribution in [0.4, 0.5) is 0 Å². The fraction of sp³-hybridized carbons (Fsp3) is 0.500. The quantitative estimate of drug-likeness (QED) is 0.853. The predicted octanol–water partition coefficient (Wildman–Crippen LogP) is 1.24. The van der Waals surface area contributed by atoms with E-state index in [0.717, 1.165) is 5.56 Å². The molecule has 0 aromatic heterocycles. The summed E-state index contributed by atoms with van der Waals surface area (Å²) in [6.07, 6.45) is 0.687. The second-order valence-corrected chi connectivity index (χ2v) is 7.70. The number of hydrogen-bond donors (Lipinski definition) is 1. The van der Waals surface area contributed by atoms with Gasteiger partial charge in [0, 0.05) is 51.2 Å². The molecule has 3 amide bonds. The zero-order valence-electron chi connectivity index (χ0n) is 15.6. The van der Waals surface area contributed by atoms with Crippen LogP contribution in [0.1, 0.15) is 36.9 Å². The van der Waals surface area contributed by atoms with Crippen molar-refractivity contribution in [2.45, 2.75) is 32.7 Å². The van der Waals surface area contributed by atoms with E-state index in [2.05, 4.69) is 29.6 Å². The number of fused-ring (bicyclic) bond motifs is 1. The molecule has 1 N–H and O–H groups in total. The van der Waals surface area contributed by atoms with Gasteiger partial charge < -0.3 is 9.80 Å². The van der Waals surface area contributed by atoms with E-state index in [1.165, 1.54) is 5.56 Å². The lowest BCUT2D eigenvalue weighted by atomic mass is 9.87. The van der Waals surface area contributed by atoms with Crippen LogP contribution in [0, 0.1) is 18.8 Å². The maximum atomic E-state index is 12.8. The minimum atomic E-state index is -0.151. The van der Waals surface area contributed by atoms with Gasteiger partial charge >= 0.3 is 0 Å². The maximum Gasteiger partial charge on any atom is 0.270 e. The van der Waals surface area contributed by atoms with Crippen molar-refractivity contribution in [1.29, 1.82) is 0 Å². The molecule has 2 fully saturated rings. The molecule has 0 spiro atoms. The Balaban J connectivity index is 1.57. The number of carbonyl (C=O) groups is 3. The van der Waals surface area contributed by atoms with Crippen LogP contribution in [0.25, 0.3) is 0 Å². The lowest BCUT2D eigenvalue weighted by molar-refractivity contribution is -0.130. The van der Waals surface area contributed by atoms with Crippen molar-refractivity contribution in [2.24, 2.45) is 16.9 Å². The first-order chi connectivity index (χ1) is 13.0. The summed E-state index contributed by atoms with van der Waals surface area (Å²) >= 11 is 0. The van der Waals surface area contributed by atoms with Crippen LogP contribution in [0.3, 0.4) is 0 Å². The Hall–Kier alpha value is -2.70. The molecule has 3 aliphatic heterocycles. The molecule has 3 atom stereocenters. The van der Waals surface area contributed by atoms with E-state index >= 15 is 0 Å². The molecule has 7 nitrogen and oxygen atoms in total. The largest absolute Gasteiger partial charge is 0.337 e. The first kappa shape index (κ1) is 17.7. The molecule has 27 heavy (non-hydrogen) atoms. The molecule has 0 saturated carbocycles. The van der Waals surface area contributed by atoms with Crippen LogP contribution in [0.5, 0.6) is 0 Å². The second-order valence-electron chi connectivity index (χ2n) is 7.70. The molecule has 3 aliphatic rings. The molecular formula is C20H24N4O3. The molecule has 3 heterocycles. The van der Waals surface area contributed by atoms with Crippen LogP contribution < -0.4 is 5.43 Å². The van der Waals surface area contributed by atoms with Gasteiger partial charge in [0.25, 0.3) is 5.91 Å². The Kier molecular flexibility index (Phi) is 4.45. The van der Waals surface area contributed by atoms with E-state index in [1.54, 1.807) is 6.92 Å². The van der Waals surface area contributed by atoms with Crippen molar-refractivity contribution in [2.75, 3.05) is 19.6 Å². The van der Waals surface area contributed by atoms with E-state index in [9.17, 15) is 14.4 Å². The molecular weight excluding hydrogens is 344 g/mol. The molecule has 2 saturated heterocycles. The van der Waals surface area contributed by atoms with Gasteiger partial charge in [-0.25, -0.2) is 5.43 Å². The average molecular weight is 368 g/mol. The molecule has 7 heteroatoms. The first-order valence-electron chi connectivity index (χ1n) is 9.43. The first-order valence-corrected chi connectivity index (χ1v) is 9.43. The van der Waals surface area contributed by atoms with Gasteiger partial charge in [-0.1, -0.05) is 24.3 Å². The summed E-state index contributed by atoms with van der Waals surface area (Å²) in [4.78, 5) is 40.1. The fourth-order valence-electron chi connectivity index (χ4n) is 4.66. The van der Waals surface area contributed by atoms with Crippen LogP contribution in [0.2, 0.25) is 0 Å². The zero-order chi connectivity index (χ0) is 19.1. The summed E-state index contributed by atoms with van der Waals surface area (Å²) in [6, 6.07) is 8.16. The van der Waals surface area contributed by atoms with Gasteiger partial charge in [-0.3, -0.25) is 14.4 Å². The predicted molar refractivity (Wildman–Crippen MR) is 99.7 cm³/mol. The number of amides is 3. The van der Waals surface area contributed by atoms with Gasteiger partial charge in [0.2, 0.25) is 11.8 Å². The van der Waals surface area contributed by atoms with E-state index < -0.39 is 0 Å². The lowest BCUT2D eigenvalue weighted by Gasteiger charge is -2.30. The van der Waals surface area contributed by atoms with Gasteiger partial charge in [-0.05, 0) is 18.1 Å². The summed E-state index contributed by atoms with van der Waals surface area (Å²) in [5, 5.41) is 3.94. The number of hydrogen-bond acceptors (Lipinski definition) is 4. The van der Waals surface area contributed by atoms with Crippen molar-refractivity contribution < 1.29 is 14.4 Å². The van der Waals surface area contributed by atoms with E-state index in [-0.39, 0.29) is 35.6 Å². The monoisotopic (exact) mass is 368 g/mol. The topological polar surface area (TPSA) is 82.1 Å². The van der Waals surface area contributed by atoms with Gasteiger partial charge in [0.05, 0.1) is 6.04 Å². The van der Waals surface area contributed by atoms with Crippen molar-refractivity contribution >= 4 is 23.4 Å². The highest BCUT2D eigenvalue weighted by atomic mass is 16.2. The van der Waals surface area contributed by atoms with Crippen LogP contribution in [-0.4, -0.2) is 52.9 Å². The smallest absolute Gasteiger partial charge is 0.270 e. The van der Waals surface area contributed by atoms with Crippen LogP contribution in [0.15, 0.2) is 29.4 Å². The fourth-order valence-corrected chi connectivity index (χ4v) is 4.66. The minimum Gasteiger partial charge on any atom is -0.337 e.